The van der Waals surface area contributed by atoms with Gasteiger partial charge in [-0.25, -0.2) is 8.42 Å². The molecule has 1 N–H and O–H groups in total. The van der Waals surface area contributed by atoms with E-state index in [9.17, 15) is 18.0 Å². The van der Waals surface area contributed by atoms with Gasteiger partial charge in [-0.2, -0.15) is 0 Å². The number of hydrogen-bond donors (Lipinski definition) is 1. The number of rotatable bonds is 2. The first-order valence-electron chi connectivity index (χ1n) is 6.23. The zero-order valence-electron chi connectivity index (χ0n) is 11.1. The summed E-state index contributed by atoms with van der Waals surface area (Å²) in [5.74, 6) is -1.53. The Morgan fingerprint density at radius 3 is 2.45 bits per heavy atom. The summed E-state index contributed by atoms with van der Waals surface area (Å²) in [6.45, 7) is 0. The van der Waals surface area contributed by atoms with E-state index in [1.165, 1.54) is 11.9 Å². The number of nitrogens with zero attached hydrogens (tertiary/aromatic N) is 1. The maximum Gasteiger partial charge on any atom is 0.316 e. The fourth-order valence-corrected chi connectivity index (χ4v) is 3.75. The lowest BCUT2D eigenvalue weighted by Gasteiger charge is -2.18. The maximum absolute atomic E-state index is 12.0. The van der Waals surface area contributed by atoms with Crippen LogP contribution in [0.25, 0.3) is 0 Å². The number of anilines is 1. The van der Waals surface area contributed by atoms with Crippen molar-refractivity contribution in [2.24, 2.45) is 0 Å². The van der Waals surface area contributed by atoms with Gasteiger partial charge < -0.3 is 10.2 Å². The summed E-state index contributed by atoms with van der Waals surface area (Å²) in [6, 6.07) is 8.30. The second-order valence-corrected chi connectivity index (χ2v) is 7.00. The molecule has 1 aromatic rings. The van der Waals surface area contributed by atoms with E-state index in [2.05, 4.69) is 5.32 Å². The zero-order valence-corrected chi connectivity index (χ0v) is 11.9. The number of sulfone groups is 1. The molecule has 20 heavy (non-hydrogen) atoms. The molecule has 1 aliphatic heterocycles. The molecule has 108 valence electrons. The third-order valence-electron chi connectivity index (χ3n) is 3.21. The quantitative estimate of drug-likeness (QED) is 0.776. The highest BCUT2D eigenvalue weighted by molar-refractivity contribution is 7.91. The molecule has 1 fully saturated rings. The van der Waals surface area contributed by atoms with Gasteiger partial charge in [-0.05, 0) is 18.6 Å². The number of carbonyl (C=O) groups excluding carboxylic acids is 2. The van der Waals surface area contributed by atoms with Crippen LogP contribution in [-0.2, 0) is 19.4 Å². The fraction of sp³-hybridized carbons (Fsp3) is 0.385. The highest BCUT2D eigenvalue weighted by atomic mass is 32.2. The molecule has 1 aromatic carbocycles. The van der Waals surface area contributed by atoms with E-state index >= 15 is 0 Å². The summed E-state index contributed by atoms with van der Waals surface area (Å²) in [4.78, 5) is 25.0. The highest BCUT2D eigenvalue weighted by Crippen LogP contribution is 2.13. The van der Waals surface area contributed by atoms with Gasteiger partial charge in [0.15, 0.2) is 9.84 Å². The van der Waals surface area contributed by atoms with Gasteiger partial charge in [0.25, 0.3) is 0 Å². The fourth-order valence-electron chi connectivity index (χ4n) is 2.08. The Balaban J connectivity index is 1.98. The van der Waals surface area contributed by atoms with Crippen molar-refractivity contribution in [3.8, 4) is 0 Å². The molecule has 1 aliphatic rings. The zero-order chi connectivity index (χ0) is 14.8. The van der Waals surface area contributed by atoms with Crippen molar-refractivity contribution in [3.63, 3.8) is 0 Å². The van der Waals surface area contributed by atoms with E-state index in [0.29, 0.717) is 12.1 Å². The van der Waals surface area contributed by atoms with Crippen LogP contribution in [0.4, 0.5) is 5.69 Å². The normalized spacial score (nSPS) is 20.4. The van der Waals surface area contributed by atoms with Gasteiger partial charge in [-0.15, -0.1) is 0 Å². The summed E-state index contributed by atoms with van der Waals surface area (Å²) >= 11 is 0. The molecule has 1 heterocycles. The first kappa shape index (κ1) is 14.5. The van der Waals surface area contributed by atoms with Gasteiger partial charge in [0.05, 0.1) is 11.5 Å². The third-order valence-corrected chi connectivity index (χ3v) is 4.98. The number of para-hydroxylation sites is 1. The third kappa shape index (κ3) is 3.36. The molecule has 1 saturated heterocycles. The lowest BCUT2D eigenvalue weighted by atomic mass is 10.2. The monoisotopic (exact) mass is 296 g/mol. The molecular formula is C13H16N2O4S. The van der Waals surface area contributed by atoms with Crippen molar-refractivity contribution >= 4 is 27.3 Å². The summed E-state index contributed by atoms with van der Waals surface area (Å²) in [6.07, 6.45) is 0.358. The minimum atomic E-state index is -3.08. The number of amides is 2. The summed E-state index contributed by atoms with van der Waals surface area (Å²) in [7, 11) is -1.58. The molecule has 0 radical (unpaired) electrons. The van der Waals surface area contributed by atoms with Crippen molar-refractivity contribution in [3.05, 3.63) is 30.3 Å². The number of nitrogens with one attached hydrogen (secondary N) is 1. The molecule has 7 heteroatoms. The lowest BCUT2D eigenvalue weighted by Crippen LogP contribution is -2.45. The van der Waals surface area contributed by atoms with Crippen LogP contribution in [0.1, 0.15) is 6.42 Å². The first-order chi connectivity index (χ1) is 9.39. The summed E-state index contributed by atoms with van der Waals surface area (Å²) in [5, 5.41) is 2.48. The van der Waals surface area contributed by atoms with E-state index in [-0.39, 0.29) is 11.5 Å². The molecule has 0 spiro atoms. The van der Waals surface area contributed by atoms with Crippen molar-refractivity contribution in [1.29, 1.82) is 0 Å². The SMILES string of the molecule is CN(C(=O)C(=O)NC1CCS(=O)(=O)C1)c1ccccc1. The molecule has 6 nitrogen and oxygen atoms in total. The predicted molar refractivity (Wildman–Crippen MR) is 75.1 cm³/mol. The van der Waals surface area contributed by atoms with Crippen molar-refractivity contribution in [2.75, 3.05) is 23.5 Å². The van der Waals surface area contributed by atoms with Crippen LogP contribution >= 0.6 is 0 Å². The molecule has 2 rings (SSSR count). The van der Waals surface area contributed by atoms with Crippen LogP contribution in [0.15, 0.2) is 30.3 Å². The minimum Gasteiger partial charge on any atom is -0.344 e. The van der Waals surface area contributed by atoms with Gasteiger partial charge in [0.1, 0.15) is 0 Å². The van der Waals surface area contributed by atoms with Crippen LogP contribution in [0.5, 0.6) is 0 Å². The number of carbonyl (C=O) groups is 2. The van der Waals surface area contributed by atoms with Crippen LogP contribution in [0.3, 0.4) is 0 Å². The number of benzene rings is 1. The van der Waals surface area contributed by atoms with Crippen molar-refractivity contribution in [2.45, 2.75) is 12.5 Å². The standard InChI is InChI=1S/C13H16N2O4S/c1-15(11-5-3-2-4-6-11)13(17)12(16)14-10-7-8-20(18,19)9-10/h2-6,10H,7-9H2,1H3,(H,14,16). The maximum atomic E-state index is 12.0. The van der Waals surface area contributed by atoms with Crippen LogP contribution in [0, 0.1) is 0 Å². The van der Waals surface area contributed by atoms with Gasteiger partial charge in [0.2, 0.25) is 0 Å². The topological polar surface area (TPSA) is 83.6 Å². The smallest absolute Gasteiger partial charge is 0.316 e. The molecular weight excluding hydrogens is 280 g/mol. The Bertz CT molecular complexity index is 613. The predicted octanol–water partition coefficient (Wildman–Crippen LogP) is -0.0473. The van der Waals surface area contributed by atoms with E-state index in [0.717, 1.165) is 0 Å². The van der Waals surface area contributed by atoms with Gasteiger partial charge in [-0.3, -0.25) is 9.59 Å². The van der Waals surface area contributed by atoms with E-state index in [1.54, 1.807) is 24.3 Å². The molecule has 1 unspecified atom stereocenters. The molecule has 1 atom stereocenters. The number of likely N-dealkylation sites (N-methyl/N-ethyl adjacent to an activating group) is 1. The van der Waals surface area contributed by atoms with Gasteiger partial charge in [-0.1, -0.05) is 18.2 Å². The van der Waals surface area contributed by atoms with Gasteiger partial charge in [0, 0.05) is 18.8 Å². The average molecular weight is 296 g/mol. The van der Waals surface area contributed by atoms with Crippen molar-refractivity contribution in [1.82, 2.24) is 5.32 Å². The number of hydrogen-bond acceptors (Lipinski definition) is 4. The average Bonchev–Trinajstić information content (AvgIpc) is 2.77. The lowest BCUT2D eigenvalue weighted by molar-refractivity contribution is -0.137. The van der Waals surface area contributed by atoms with Gasteiger partial charge >= 0.3 is 11.8 Å². The van der Waals surface area contributed by atoms with E-state index < -0.39 is 27.7 Å². The van der Waals surface area contributed by atoms with E-state index in [4.69, 9.17) is 0 Å². The Hall–Kier alpha value is -1.89. The molecule has 0 saturated carbocycles. The molecule has 2 amide bonds. The van der Waals surface area contributed by atoms with Crippen LogP contribution < -0.4 is 10.2 Å². The second kappa shape index (κ2) is 5.62. The Morgan fingerprint density at radius 2 is 1.90 bits per heavy atom. The van der Waals surface area contributed by atoms with Crippen LogP contribution in [0.2, 0.25) is 0 Å². The Morgan fingerprint density at radius 1 is 1.25 bits per heavy atom. The Labute approximate surface area is 117 Å². The molecule has 0 aromatic heterocycles. The second-order valence-electron chi connectivity index (χ2n) is 4.77. The first-order valence-corrected chi connectivity index (χ1v) is 8.05. The highest BCUT2D eigenvalue weighted by Gasteiger charge is 2.31. The Kier molecular flexibility index (Phi) is 4.08. The summed E-state index contributed by atoms with van der Waals surface area (Å²) < 4.78 is 22.6. The van der Waals surface area contributed by atoms with Crippen LogP contribution in [-0.4, -0.2) is 44.8 Å². The van der Waals surface area contributed by atoms with Crippen molar-refractivity contribution < 1.29 is 18.0 Å². The largest absolute Gasteiger partial charge is 0.344 e. The molecule has 0 aliphatic carbocycles. The van der Waals surface area contributed by atoms with E-state index in [1.807, 2.05) is 6.07 Å². The summed E-state index contributed by atoms with van der Waals surface area (Å²) in [5.41, 5.74) is 0.603. The molecule has 0 bridgehead atoms. The minimum absolute atomic E-state index is 0.0562.